The van der Waals surface area contributed by atoms with Crippen molar-refractivity contribution in [2.24, 2.45) is 0 Å². The van der Waals surface area contributed by atoms with Gasteiger partial charge in [-0.25, -0.2) is 8.42 Å². The zero-order valence-corrected chi connectivity index (χ0v) is 16.6. The number of methoxy groups -OCH3 is 1. The van der Waals surface area contributed by atoms with Gasteiger partial charge >= 0.3 is 0 Å². The average Bonchev–Trinajstić information content (AvgIpc) is 2.63. The van der Waals surface area contributed by atoms with Crippen molar-refractivity contribution in [3.63, 3.8) is 0 Å². The number of halogens is 1. The standard InChI is InChI=1S/C19H24N2O3S.ClH/c1-15-7-3-4-8-16(15)14-25(22,23)21-12-11-20-13-18(21)17-9-5-6-10-19(17)24-2;/h3-10,18,20H,11-14H2,1-2H3;1H. The van der Waals surface area contributed by atoms with E-state index in [1.165, 1.54) is 0 Å². The number of aryl methyl sites for hydroxylation is 1. The molecule has 26 heavy (non-hydrogen) atoms. The second kappa shape index (κ2) is 8.86. The fraction of sp³-hybridized carbons (Fsp3) is 0.368. The Morgan fingerprint density at radius 2 is 1.85 bits per heavy atom. The second-order valence-electron chi connectivity index (χ2n) is 6.26. The van der Waals surface area contributed by atoms with Crippen LogP contribution >= 0.6 is 12.4 Å². The Hall–Kier alpha value is -1.60. The Labute approximate surface area is 161 Å². The quantitative estimate of drug-likeness (QED) is 0.844. The molecule has 0 aromatic heterocycles. The lowest BCUT2D eigenvalue weighted by Gasteiger charge is -2.36. The van der Waals surface area contributed by atoms with Crippen LogP contribution < -0.4 is 10.1 Å². The molecule has 5 nitrogen and oxygen atoms in total. The number of nitrogens with zero attached hydrogens (tertiary/aromatic N) is 1. The van der Waals surface area contributed by atoms with Crippen LogP contribution in [0, 0.1) is 6.92 Å². The highest BCUT2D eigenvalue weighted by Gasteiger charge is 2.34. The van der Waals surface area contributed by atoms with E-state index >= 15 is 0 Å². The predicted octanol–water partition coefficient (Wildman–Crippen LogP) is 2.90. The van der Waals surface area contributed by atoms with Crippen molar-refractivity contribution in [1.29, 1.82) is 0 Å². The van der Waals surface area contributed by atoms with Gasteiger partial charge in [0, 0.05) is 25.2 Å². The highest BCUT2D eigenvalue weighted by atomic mass is 35.5. The maximum absolute atomic E-state index is 13.1. The summed E-state index contributed by atoms with van der Waals surface area (Å²) in [7, 11) is -1.83. The monoisotopic (exact) mass is 396 g/mol. The summed E-state index contributed by atoms with van der Waals surface area (Å²) in [5.41, 5.74) is 2.74. The van der Waals surface area contributed by atoms with E-state index in [1.54, 1.807) is 11.4 Å². The maximum Gasteiger partial charge on any atom is 0.218 e. The molecule has 1 N–H and O–H groups in total. The van der Waals surface area contributed by atoms with Crippen LogP contribution in [-0.2, 0) is 15.8 Å². The number of rotatable bonds is 5. The minimum absolute atomic E-state index is 0. The lowest BCUT2D eigenvalue weighted by Crippen LogP contribution is -2.49. The molecule has 0 saturated carbocycles. The molecule has 0 spiro atoms. The van der Waals surface area contributed by atoms with Crippen molar-refractivity contribution in [3.8, 4) is 5.75 Å². The Kier molecular flexibility index (Phi) is 7.06. The summed E-state index contributed by atoms with van der Waals surface area (Å²) >= 11 is 0. The third kappa shape index (κ3) is 4.38. The molecule has 0 aliphatic carbocycles. The first kappa shape index (κ1) is 20.7. The van der Waals surface area contributed by atoms with Crippen LogP contribution in [0.4, 0.5) is 0 Å². The third-order valence-corrected chi connectivity index (χ3v) is 6.48. The molecule has 1 heterocycles. The van der Waals surface area contributed by atoms with Gasteiger partial charge in [0.2, 0.25) is 10.0 Å². The molecule has 0 radical (unpaired) electrons. The minimum atomic E-state index is -3.44. The lowest BCUT2D eigenvalue weighted by molar-refractivity contribution is 0.264. The molecule has 1 saturated heterocycles. The number of ether oxygens (including phenoxy) is 1. The number of sulfonamides is 1. The van der Waals surface area contributed by atoms with Gasteiger partial charge in [-0.1, -0.05) is 42.5 Å². The van der Waals surface area contributed by atoms with E-state index in [9.17, 15) is 8.42 Å². The van der Waals surface area contributed by atoms with Gasteiger partial charge in [-0.2, -0.15) is 4.31 Å². The van der Waals surface area contributed by atoms with E-state index in [-0.39, 0.29) is 24.2 Å². The van der Waals surface area contributed by atoms with Gasteiger partial charge in [0.15, 0.2) is 0 Å². The maximum atomic E-state index is 13.1. The van der Waals surface area contributed by atoms with E-state index in [0.717, 1.165) is 16.7 Å². The van der Waals surface area contributed by atoms with Gasteiger partial charge < -0.3 is 10.1 Å². The molecule has 1 atom stereocenters. The zero-order valence-electron chi connectivity index (χ0n) is 15.0. The van der Waals surface area contributed by atoms with Gasteiger partial charge in [-0.05, 0) is 24.1 Å². The zero-order chi connectivity index (χ0) is 17.9. The third-order valence-electron chi connectivity index (χ3n) is 4.65. The van der Waals surface area contributed by atoms with Crippen molar-refractivity contribution >= 4 is 22.4 Å². The van der Waals surface area contributed by atoms with Crippen LogP contribution in [0.1, 0.15) is 22.7 Å². The van der Waals surface area contributed by atoms with Gasteiger partial charge in [-0.3, -0.25) is 0 Å². The first-order valence-corrected chi connectivity index (χ1v) is 10.0. The first-order valence-electron chi connectivity index (χ1n) is 8.40. The molecular formula is C19H25ClN2O3S. The molecule has 1 aliphatic heterocycles. The number of hydrogen-bond donors (Lipinski definition) is 1. The molecule has 0 amide bonds. The molecule has 2 aromatic rings. The van der Waals surface area contributed by atoms with Crippen molar-refractivity contribution in [2.45, 2.75) is 18.7 Å². The van der Waals surface area contributed by atoms with E-state index in [2.05, 4.69) is 5.32 Å². The minimum Gasteiger partial charge on any atom is -0.496 e. The summed E-state index contributed by atoms with van der Waals surface area (Å²) in [4.78, 5) is 0. The van der Waals surface area contributed by atoms with Crippen molar-refractivity contribution in [3.05, 3.63) is 65.2 Å². The topological polar surface area (TPSA) is 58.6 Å². The SMILES string of the molecule is COc1ccccc1C1CNCCN1S(=O)(=O)Cc1ccccc1C.Cl. The smallest absolute Gasteiger partial charge is 0.218 e. The van der Waals surface area contributed by atoms with Crippen LogP contribution in [0.5, 0.6) is 5.75 Å². The summed E-state index contributed by atoms with van der Waals surface area (Å²) in [6, 6.07) is 15.0. The molecular weight excluding hydrogens is 372 g/mol. The second-order valence-corrected chi connectivity index (χ2v) is 8.18. The summed E-state index contributed by atoms with van der Waals surface area (Å²) < 4.78 is 33.4. The lowest BCUT2D eigenvalue weighted by atomic mass is 10.0. The fourth-order valence-electron chi connectivity index (χ4n) is 3.28. The molecule has 3 rings (SSSR count). The highest BCUT2D eigenvalue weighted by molar-refractivity contribution is 7.88. The highest BCUT2D eigenvalue weighted by Crippen LogP contribution is 2.32. The molecule has 7 heteroatoms. The number of nitrogens with one attached hydrogen (secondary N) is 1. The molecule has 1 unspecified atom stereocenters. The predicted molar refractivity (Wildman–Crippen MR) is 106 cm³/mol. The first-order chi connectivity index (χ1) is 12.0. The summed E-state index contributed by atoms with van der Waals surface area (Å²) in [5, 5.41) is 3.30. The van der Waals surface area contributed by atoms with E-state index in [4.69, 9.17) is 4.74 Å². The summed E-state index contributed by atoms with van der Waals surface area (Å²) in [6.45, 7) is 3.63. The van der Waals surface area contributed by atoms with Crippen molar-refractivity contribution < 1.29 is 13.2 Å². The molecule has 1 aliphatic rings. The number of piperazine rings is 1. The van der Waals surface area contributed by atoms with Crippen LogP contribution in [0.2, 0.25) is 0 Å². The normalized spacial score (nSPS) is 18.2. The summed E-state index contributed by atoms with van der Waals surface area (Å²) in [6.07, 6.45) is 0. The molecule has 142 valence electrons. The fourth-order valence-corrected chi connectivity index (χ4v) is 5.10. The largest absolute Gasteiger partial charge is 0.496 e. The number of para-hydroxylation sites is 1. The molecule has 1 fully saturated rings. The van der Waals surface area contributed by atoms with Gasteiger partial charge in [0.25, 0.3) is 0 Å². The number of benzene rings is 2. The Bertz CT molecular complexity index is 842. The average molecular weight is 397 g/mol. The van der Waals surface area contributed by atoms with Crippen LogP contribution in [0.15, 0.2) is 48.5 Å². The Morgan fingerprint density at radius 1 is 1.15 bits per heavy atom. The van der Waals surface area contributed by atoms with E-state index < -0.39 is 10.0 Å². The molecule has 2 aromatic carbocycles. The van der Waals surface area contributed by atoms with Gasteiger partial charge in [-0.15, -0.1) is 12.4 Å². The summed E-state index contributed by atoms with van der Waals surface area (Å²) in [5.74, 6) is 0.734. The van der Waals surface area contributed by atoms with Gasteiger partial charge in [0.1, 0.15) is 5.75 Å². The van der Waals surface area contributed by atoms with E-state index in [1.807, 2.05) is 55.5 Å². The van der Waals surface area contributed by atoms with Crippen LogP contribution in [-0.4, -0.2) is 39.5 Å². The molecule has 0 bridgehead atoms. The van der Waals surface area contributed by atoms with Crippen LogP contribution in [0.25, 0.3) is 0 Å². The number of hydrogen-bond acceptors (Lipinski definition) is 4. The van der Waals surface area contributed by atoms with Crippen LogP contribution in [0.3, 0.4) is 0 Å². The van der Waals surface area contributed by atoms with Gasteiger partial charge in [0.05, 0.1) is 18.9 Å². The van der Waals surface area contributed by atoms with E-state index in [0.29, 0.717) is 25.4 Å². The Balaban J connectivity index is 0.00000243. The Morgan fingerprint density at radius 3 is 2.58 bits per heavy atom. The van der Waals surface area contributed by atoms with Crippen molar-refractivity contribution in [2.75, 3.05) is 26.7 Å². The van der Waals surface area contributed by atoms with Crippen molar-refractivity contribution in [1.82, 2.24) is 9.62 Å².